The predicted octanol–water partition coefficient (Wildman–Crippen LogP) is 3.20. The molecule has 1 saturated heterocycles. The molecule has 1 aliphatic rings. The van der Waals surface area contributed by atoms with Gasteiger partial charge in [-0.3, -0.25) is 4.79 Å². The van der Waals surface area contributed by atoms with Crippen molar-refractivity contribution in [3.63, 3.8) is 0 Å². The van der Waals surface area contributed by atoms with Crippen LogP contribution in [0.15, 0.2) is 11.6 Å². The molecule has 1 nitrogen and oxygen atoms in total. The fourth-order valence-corrected chi connectivity index (χ4v) is 3.35. The van der Waals surface area contributed by atoms with Crippen molar-refractivity contribution in [2.45, 2.75) is 50.5 Å². The molecule has 0 radical (unpaired) electrons. The molecular formula is C11H18OS. The quantitative estimate of drug-likeness (QED) is 0.602. The second kappa shape index (κ2) is 3.87. The highest BCUT2D eigenvalue weighted by atomic mass is 32.2. The van der Waals surface area contributed by atoms with Crippen LogP contribution in [0.1, 0.15) is 40.5 Å². The van der Waals surface area contributed by atoms with Gasteiger partial charge in [0.2, 0.25) is 0 Å². The number of rotatable bonds is 1. The number of allylic oxidation sites excluding steroid dienone is 1. The van der Waals surface area contributed by atoms with Gasteiger partial charge in [0.1, 0.15) is 0 Å². The minimum atomic E-state index is 0.129. The molecule has 0 aliphatic carbocycles. The molecule has 74 valence electrons. The Hall–Kier alpha value is -0.240. The Morgan fingerprint density at radius 3 is 2.69 bits per heavy atom. The normalized spacial score (nSPS) is 30.9. The average molecular weight is 198 g/mol. The maximum atomic E-state index is 11.7. The minimum absolute atomic E-state index is 0.129. The molecule has 0 bridgehead atoms. The van der Waals surface area contributed by atoms with Crippen molar-refractivity contribution in [2.75, 3.05) is 0 Å². The Morgan fingerprint density at radius 2 is 2.23 bits per heavy atom. The van der Waals surface area contributed by atoms with Gasteiger partial charge < -0.3 is 0 Å². The van der Waals surface area contributed by atoms with Crippen molar-refractivity contribution in [3.05, 3.63) is 11.6 Å². The van der Waals surface area contributed by atoms with Crippen LogP contribution < -0.4 is 0 Å². The van der Waals surface area contributed by atoms with Gasteiger partial charge in [0.05, 0.1) is 0 Å². The van der Waals surface area contributed by atoms with E-state index in [9.17, 15) is 4.79 Å². The Labute approximate surface area is 85.0 Å². The van der Waals surface area contributed by atoms with Crippen molar-refractivity contribution in [2.24, 2.45) is 0 Å². The summed E-state index contributed by atoms with van der Waals surface area (Å²) in [6, 6.07) is 0. The zero-order valence-electron chi connectivity index (χ0n) is 8.89. The van der Waals surface area contributed by atoms with Gasteiger partial charge in [-0.25, -0.2) is 0 Å². The summed E-state index contributed by atoms with van der Waals surface area (Å²) in [5.41, 5.74) is 1.03. The SMILES string of the molecule is C/C=C1/C(=O)CC(C)(C)SC1CC. The van der Waals surface area contributed by atoms with Crippen molar-refractivity contribution in [1.29, 1.82) is 0 Å². The third-order valence-corrected chi connectivity index (χ3v) is 4.05. The van der Waals surface area contributed by atoms with E-state index in [1.165, 1.54) is 0 Å². The van der Waals surface area contributed by atoms with Crippen LogP contribution in [0.2, 0.25) is 0 Å². The smallest absolute Gasteiger partial charge is 0.161 e. The summed E-state index contributed by atoms with van der Waals surface area (Å²) in [6.07, 6.45) is 3.73. The topological polar surface area (TPSA) is 17.1 Å². The molecule has 0 amide bonds. The van der Waals surface area contributed by atoms with Gasteiger partial charge in [-0.2, -0.15) is 0 Å². The monoisotopic (exact) mass is 198 g/mol. The first kappa shape index (κ1) is 10.8. The number of ketones is 1. The first-order chi connectivity index (χ1) is 6.00. The fourth-order valence-electron chi connectivity index (χ4n) is 1.81. The van der Waals surface area contributed by atoms with Crippen molar-refractivity contribution >= 4 is 17.5 Å². The van der Waals surface area contributed by atoms with Crippen LogP contribution in [0.25, 0.3) is 0 Å². The van der Waals surface area contributed by atoms with E-state index >= 15 is 0 Å². The molecule has 2 heteroatoms. The summed E-state index contributed by atoms with van der Waals surface area (Å²) in [7, 11) is 0. The lowest BCUT2D eigenvalue weighted by molar-refractivity contribution is -0.116. The summed E-state index contributed by atoms with van der Waals surface area (Å²) in [5.74, 6) is 0.345. The van der Waals surface area contributed by atoms with E-state index in [0.29, 0.717) is 17.5 Å². The number of hydrogen-bond donors (Lipinski definition) is 0. The Bertz CT molecular complexity index is 240. The van der Waals surface area contributed by atoms with E-state index < -0.39 is 0 Å². The number of carbonyl (C=O) groups is 1. The molecule has 13 heavy (non-hydrogen) atoms. The highest BCUT2D eigenvalue weighted by molar-refractivity contribution is 8.01. The zero-order valence-corrected chi connectivity index (χ0v) is 9.70. The van der Waals surface area contributed by atoms with Gasteiger partial charge in [0, 0.05) is 22.0 Å². The Morgan fingerprint density at radius 1 is 1.62 bits per heavy atom. The first-order valence-electron chi connectivity index (χ1n) is 4.87. The lowest BCUT2D eigenvalue weighted by Gasteiger charge is -2.35. The van der Waals surface area contributed by atoms with Crippen LogP contribution in [-0.4, -0.2) is 15.8 Å². The minimum Gasteiger partial charge on any atom is -0.294 e. The molecule has 1 atom stereocenters. The van der Waals surface area contributed by atoms with Gasteiger partial charge in [-0.1, -0.05) is 26.8 Å². The van der Waals surface area contributed by atoms with Gasteiger partial charge in [0.15, 0.2) is 5.78 Å². The highest BCUT2D eigenvalue weighted by Gasteiger charge is 2.35. The molecule has 1 heterocycles. The van der Waals surface area contributed by atoms with Gasteiger partial charge >= 0.3 is 0 Å². The van der Waals surface area contributed by atoms with Crippen molar-refractivity contribution in [3.8, 4) is 0 Å². The molecule has 0 aromatic heterocycles. The van der Waals surface area contributed by atoms with Crippen molar-refractivity contribution in [1.82, 2.24) is 0 Å². The molecule has 0 saturated carbocycles. The van der Waals surface area contributed by atoms with Gasteiger partial charge in [-0.05, 0) is 13.3 Å². The highest BCUT2D eigenvalue weighted by Crippen LogP contribution is 2.42. The van der Waals surface area contributed by atoms with Crippen LogP contribution in [0.3, 0.4) is 0 Å². The number of hydrogen-bond acceptors (Lipinski definition) is 2. The number of thioether (sulfide) groups is 1. The number of Topliss-reactive ketones (excluding diaryl/α,β-unsaturated/α-hetero) is 1. The summed E-state index contributed by atoms with van der Waals surface area (Å²) >= 11 is 1.94. The van der Waals surface area contributed by atoms with Crippen LogP contribution in [0, 0.1) is 0 Å². The van der Waals surface area contributed by atoms with Gasteiger partial charge in [0.25, 0.3) is 0 Å². The first-order valence-corrected chi connectivity index (χ1v) is 5.75. The molecule has 0 aromatic rings. The molecule has 1 aliphatic heterocycles. The predicted molar refractivity (Wildman–Crippen MR) is 59.1 cm³/mol. The third-order valence-electron chi connectivity index (χ3n) is 2.40. The van der Waals surface area contributed by atoms with Crippen LogP contribution in [0.4, 0.5) is 0 Å². The maximum absolute atomic E-state index is 11.7. The van der Waals surface area contributed by atoms with E-state index in [1.807, 2.05) is 24.8 Å². The molecule has 0 aromatic carbocycles. The van der Waals surface area contributed by atoms with Crippen molar-refractivity contribution < 1.29 is 4.79 Å². The fraction of sp³-hybridized carbons (Fsp3) is 0.727. The average Bonchev–Trinajstić information content (AvgIpc) is 2.01. The molecular weight excluding hydrogens is 180 g/mol. The number of carbonyl (C=O) groups excluding carboxylic acids is 1. The molecule has 1 fully saturated rings. The second-order valence-corrected chi connectivity index (χ2v) is 6.03. The van der Waals surface area contributed by atoms with E-state index in [4.69, 9.17) is 0 Å². The maximum Gasteiger partial charge on any atom is 0.161 e. The van der Waals surface area contributed by atoms with E-state index in [-0.39, 0.29) is 4.75 Å². The van der Waals surface area contributed by atoms with Gasteiger partial charge in [-0.15, -0.1) is 11.8 Å². The third kappa shape index (κ3) is 2.37. The zero-order chi connectivity index (χ0) is 10.1. The summed E-state index contributed by atoms with van der Waals surface area (Å²) in [4.78, 5) is 11.7. The second-order valence-electron chi connectivity index (χ2n) is 4.12. The summed E-state index contributed by atoms with van der Waals surface area (Å²) in [5, 5.41) is 0.418. The van der Waals surface area contributed by atoms with E-state index in [2.05, 4.69) is 20.8 Å². The summed E-state index contributed by atoms with van der Waals surface area (Å²) in [6.45, 7) is 8.43. The van der Waals surface area contributed by atoms with E-state index in [0.717, 1.165) is 12.0 Å². The van der Waals surface area contributed by atoms with Crippen LogP contribution in [0.5, 0.6) is 0 Å². The Kier molecular flexibility index (Phi) is 3.23. The standard InChI is InChI=1S/C11H18OS/c1-5-8-9(12)7-11(3,4)13-10(8)6-2/h5,10H,6-7H2,1-4H3/b8-5-. The molecule has 0 N–H and O–H groups in total. The lowest BCUT2D eigenvalue weighted by atomic mass is 9.96. The molecule has 0 spiro atoms. The van der Waals surface area contributed by atoms with Crippen LogP contribution in [-0.2, 0) is 4.79 Å². The molecule has 1 unspecified atom stereocenters. The van der Waals surface area contributed by atoms with E-state index in [1.54, 1.807) is 0 Å². The van der Waals surface area contributed by atoms with Crippen LogP contribution >= 0.6 is 11.8 Å². The summed E-state index contributed by atoms with van der Waals surface area (Å²) < 4.78 is 0.129. The molecule has 1 rings (SSSR count). The largest absolute Gasteiger partial charge is 0.294 e. The Balaban J connectivity index is 2.88. The lowest BCUT2D eigenvalue weighted by Crippen LogP contribution is -2.33.